The fraction of sp³-hybridized carbons (Fsp3) is 1.00. The molecule has 56 heteroatoms. The van der Waals surface area contributed by atoms with Crippen molar-refractivity contribution < 1.29 is 130 Å². The molecular weight excluding hydrogens is 1040 g/mol. The molecule has 75 heavy (non-hydrogen) atoms. The first-order valence-electron chi connectivity index (χ1n) is 31.8. The van der Waals surface area contributed by atoms with Crippen molar-refractivity contribution in [2.24, 2.45) is 0 Å². The summed E-state index contributed by atoms with van der Waals surface area (Å²) in [5.41, 5.74) is 0. The van der Waals surface area contributed by atoms with E-state index in [1.165, 1.54) is 0 Å². The Labute approximate surface area is 610 Å². The Hall–Kier alpha value is -0.564. The van der Waals surface area contributed by atoms with Crippen LogP contribution < -0.4 is 389 Å². The summed E-state index contributed by atoms with van der Waals surface area (Å²) in [4.78, 5) is 0. The van der Waals surface area contributed by atoms with Gasteiger partial charge in [-0.1, -0.05) is 141 Å². The molecule has 0 aliphatic heterocycles. The zero-order chi connectivity index (χ0) is 110. The van der Waals surface area contributed by atoms with Crippen molar-refractivity contribution >= 4 is 0 Å². The summed E-state index contributed by atoms with van der Waals surface area (Å²) in [6.07, 6.45) is 206. The minimum atomic E-state index is 0. The summed E-state index contributed by atoms with van der Waals surface area (Å²) in [5, 5.41) is 0. The number of hydrogen-bond acceptors (Lipinski definition) is 55. The fourth-order valence-electron chi connectivity index (χ4n) is 0. The second-order valence-electron chi connectivity index (χ2n) is 0. The first-order chi connectivity index (χ1) is 55.0. The van der Waals surface area contributed by atoms with E-state index in [0.717, 1.165) is 0 Å². The molecule has 0 spiro atoms. The zero-order valence-corrected chi connectivity index (χ0v) is 35.9. The summed E-state index contributed by atoms with van der Waals surface area (Å²) in [6, 6.07) is 0. The second-order valence-corrected chi connectivity index (χ2v) is 0. The van der Waals surface area contributed by atoms with Gasteiger partial charge in [-0.05, 0) is 0 Å². The minimum absolute atomic E-state index is 0. The van der Waals surface area contributed by atoms with Crippen molar-refractivity contribution in [3.05, 3.63) is 0 Å². The van der Waals surface area contributed by atoms with Gasteiger partial charge in [0.15, 0.2) is 0 Å². The van der Waals surface area contributed by atoms with E-state index in [4.69, 9.17) is 77.7 Å². The summed E-state index contributed by atoms with van der Waals surface area (Å²) < 4.78 is 289. The molecule has 0 atom stereocenters. The Bertz CT molecular complexity index is 197. The Morgan fingerprint density at radius 2 is 0.0800 bits per heavy atom. The Morgan fingerprint density at radius 1 is 0.0800 bits per heavy atom. The SMILES string of the molecule is C.C.C.C.C.C.C.C.C.C.C.C.C.C.C.C.C.C.C.[2H]N.[2H]N.[2H]N.[2H]N.[2H]N.[2H]N.[2H]N.[2H]N.[2H]N.[2H]N.[2H]N.[2H]N.[2H]N.[2H]N.[2H]N.[2H]N.[2H]N.[2H]N.[2H]N.[2H]N.[2H]N.[2H]N.[2H]N.[2H]N.[2H]N.[2H]N.[2H]N.[2H]N.[2H]N.[2H]N.[2H]N.[2H]N.[2H]N.[2H]N.[2H]N.[2H]N.[2H]N.[2H]N.[2H]N.[2H]N.[2H]N.[2H]N.[2H]N.[2H]N.[2H]N.[2H]N.[2H]N.[2H]N.[2H]N.[2H]N.[2H]N.[2H]N.[2H]N.[2H]N.[2H]N.[H-].[K+]. The van der Waals surface area contributed by atoms with Gasteiger partial charge in [0.05, 0.1) is 0 Å². The van der Waals surface area contributed by atoms with Crippen LogP contribution in [0.2, 0.25) is 77.7 Å². The van der Waals surface area contributed by atoms with E-state index >= 15 is 0 Å². The molecule has 0 saturated carbocycles. The van der Waals surface area contributed by atoms with E-state index in [-0.39, 0.29) is 194 Å². The molecule has 0 bridgehead atoms. The maximum atomic E-state index is 5.25. The van der Waals surface area contributed by atoms with Crippen molar-refractivity contribution in [3.63, 3.8) is 0 Å². The molecule has 0 heterocycles. The summed E-state index contributed by atoms with van der Waals surface area (Å²) in [6.45, 7) is 0. The maximum absolute atomic E-state index is 5.25. The molecule has 594 valence electrons. The average molecular weight is 1340 g/mol. The van der Waals surface area contributed by atoms with Gasteiger partial charge < -0.3 is 339 Å². The second kappa shape index (κ2) is 1210000. The van der Waals surface area contributed by atoms with Crippen molar-refractivity contribution in [2.75, 3.05) is 0 Å². The van der Waals surface area contributed by atoms with Gasteiger partial charge in [-0.15, -0.1) is 0 Å². The third kappa shape index (κ3) is 1180000. The van der Waals surface area contributed by atoms with Gasteiger partial charge in [0.1, 0.15) is 77.7 Å². The average Bonchev–Trinajstić information content (AvgIpc) is 3.94. The standard InChI is InChI=1S/19CH4.K.55H3N.H/h19*1H4;;55*1H3;/q;;;;;;;;;;;;;;;;;;;+1;;;;;;;;;;;;;;;;;;;;;;;;;;;;;;;;;;;;;;;;;;;;;;;;;;;;;;;;-1/i/hD55. The number of hydrogen-bond donors (Lipinski definition) is 55. The Kier molecular flexibility index (Phi) is 2190000. The van der Waals surface area contributed by atoms with Crippen molar-refractivity contribution in [1.82, 2.24) is 338 Å². The van der Waals surface area contributed by atoms with Crippen LogP contribution in [0, 0.1) is 0 Å². The van der Waals surface area contributed by atoms with Crippen molar-refractivity contribution in [3.8, 4) is 0 Å². The van der Waals surface area contributed by atoms with E-state index in [0.29, 0.717) is 0 Å². The molecule has 0 radical (unpaired) electrons. The minimum Gasteiger partial charge on any atom is -1.00 e. The van der Waals surface area contributed by atoms with Crippen LogP contribution in [0.1, 0.15) is 143 Å². The first kappa shape index (κ1) is 135. The number of rotatable bonds is 0. The fourth-order valence-corrected chi connectivity index (χ4v) is 0. The molecule has 0 amide bonds. The predicted molar refractivity (Wildman–Crippen MR) is 405 cm³/mol. The molecule has 0 fully saturated rings. The predicted octanol–water partition coefficient (Wildman–Crippen LogP) is 18.1. The van der Waals surface area contributed by atoms with Crippen LogP contribution in [0.25, 0.3) is 0 Å². The molecule has 0 aromatic rings. The molecule has 0 aliphatic carbocycles. The van der Waals surface area contributed by atoms with Gasteiger partial charge in [-0.3, -0.25) is 0 Å². The quantitative estimate of drug-likeness (QED) is 0.100. The molecule has 55 nitrogen and oxygen atoms in total. The molecule has 165 N–H and O–H groups in total. The van der Waals surface area contributed by atoms with Gasteiger partial charge >= 0.3 is 51.4 Å². The molecule has 0 unspecified atom stereocenters. The summed E-state index contributed by atoms with van der Waals surface area (Å²) >= 11 is 0. The largest absolute Gasteiger partial charge is 1.00 e. The van der Waals surface area contributed by atoms with Crippen molar-refractivity contribution in [2.45, 2.75) is 141 Å². The van der Waals surface area contributed by atoms with Crippen LogP contribution >= 0.6 is 0 Å². The van der Waals surface area contributed by atoms with Crippen LogP contribution in [-0.2, 0) is 0 Å². The van der Waals surface area contributed by atoms with Crippen LogP contribution in [-0.4, -0.2) is 0 Å². The van der Waals surface area contributed by atoms with E-state index in [2.05, 4.69) is 338 Å². The normalized spacial score (nSPS) is 5.13. The van der Waals surface area contributed by atoms with Crippen LogP contribution in [0.15, 0.2) is 0 Å². The van der Waals surface area contributed by atoms with Crippen LogP contribution in [0.5, 0.6) is 0 Å². The molecule has 0 aromatic heterocycles. The molecule has 0 aromatic carbocycles. The Morgan fingerprint density at radius 3 is 0.0800 bits per heavy atom. The zero-order valence-electron chi connectivity index (χ0n) is 88.8. The van der Waals surface area contributed by atoms with Gasteiger partial charge in [-0.25, -0.2) is 0 Å². The van der Waals surface area contributed by atoms with Gasteiger partial charge in [0, 0.05) is 0 Å². The van der Waals surface area contributed by atoms with E-state index < -0.39 is 0 Å². The van der Waals surface area contributed by atoms with Crippen molar-refractivity contribution in [1.29, 1.82) is 0 Å². The molecule has 0 aliphatic rings. The smallest absolute Gasteiger partial charge is 1.00 e. The monoisotopic (exact) mass is 1340 g/mol. The maximum Gasteiger partial charge on any atom is 1.00 e. The molecule has 0 saturated heterocycles. The molecular formula is C19H242KN55. The Balaban J connectivity index is -0.00000000317. The van der Waals surface area contributed by atoms with Crippen LogP contribution in [0.3, 0.4) is 0 Å². The third-order valence-corrected chi connectivity index (χ3v) is 0. The van der Waals surface area contributed by atoms with Gasteiger partial charge in [0.25, 0.3) is 0 Å². The third-order valence-electron chi connectivity index (χ3n) is 0. The topological polar surface area (TPSA) is 1920 Å². The summed E-state index contributed by atoms with van der Waals surface area (Å²) in [5.74, 6) is 0. The summed E-state index contributed by atoms with van der Waals surface area (Å²) in [7, 11) is 0. The van der Waals surface area contributed by atoms with Gasteiger partial charge in [0.2, 0.25) is 0 Å². The molecule has 0 rings (SSSR count). The first-order valence-corrected chi connectivity index (χ1v) is 0. The van der Waals surface area contributed by atoms with Gasteiger partial charge in [-0.2, -0.15) is 0 Å². The van der Waals surface area contributed by atoms with E-state index in [9.17, 15) is 0 Å². The van der Waals surface area contributed by atoms with E-state index in [1.54, 1.807) is 0 Å². The van der Waals surface area contributed by atoms with Crippen LogP contribution in [0.4, 0.5) is 0 Å². The van der Waals surface area contributed by atoms with E-state index in [1.807, 2.05) is 0 Å².